The first-order chi connectivity index (χ1) is 6.83. The van der Waals surface area contributed by atoms with Crippen molar-refractivity contribution in [1.29, 1.82) is 0 Å². The smallest absolute Gasteiger partial charge is 0.0690 e. The Bertz CT molecular complexity index is 414. The van der Waals surface area contributed by atoms with Crippen LogP contribution in [0.3, 0.4) is 0 Å². The molecule has 0 aliphatic rings. The highest BCUT2D eigenvalue weighted by atomic mass is 32.1. The van der Waals surface area contributed by atoms with E-state index in [-0.39, 0.29) is 0 Å². The van der Waals surface area contributed by atoms with Crippen LogP contribution in [0.4, 0.5) is 0 Å². The van der Waals surface area contributed by atoms with Gasteiger partial charge in [-0.25, -0.2) is 0 Å². The molecule has 0 fully saturated rings. The van der Waals surface area contributed by atoms with E-state index in [1.165, 1.54) is 22.6 Å². The third-order valence-corrected chi connectivity index (χ3v) is 3.30. The number of hydrogen-bond acceptors (Lipinski definition) is 2. The molecule has 0 aromatic carbocycles. The lowest BCUT2D eigenvalue weighted by molar-refractivity contribution is 0.775. The van der Waals surface area contributed by atoms with Crippen molar-refractivity contribution in [1.82, 2.24) is 9.78 Å². The molecular formula is C11H14N2S. The SMILES string of the molecule is CCCc1sccc1-c1ccnn1C. The van der Waals surface area contributed by atoms with Crippen molar-refractivity contribution in [2.45, 2.75) is 19.8 Å². The first kappa shape index (κ1) is 9.46. The monoisotopic (exact) mass is 206 g/mol. The van der Waals surface area contributed by atoms with E-state index >= 15 is 0 Å². The summed E-state index contributed by atoms with van der Waals surface area (Å²) in [6.45, 7) is 2.22. The lowest BCUT2D eigenvalue weighted by Gasteiger charge is -2.02. The zero-order chi connectivity index (χ0) is 9.97. The summed E-state index contributed by atoms with van der Waals surface area (Å²) in [5, 5.41) is 6.36. The Morgan fingerprint density at radius 2 is 2.29 bits per heavy atom. The van der Waals surface area contributed by atoms with Gasteiger partial charge in [-0.3, -0.25) is 4.68 Å². The Balaban J connectivity index is 2.41. The maximum atomic E-state index is 4.20. The summed E-state index contributed by atoms with van der Waals surface area (Å²) < 4.78 is 1.93. The summed E-state index contributed by atoms with van der Waals surface area (Å²) in [5.41, 5.74) is 2.56. The van der Waals surface area contributed by atoms with Gasteiger partial charge in [0.15, 0.2) is 0 Å². The Kier molecular flexibility index (Phi) is 2.68. The van der Waals surface area contributed by atoms with Crippen molar-refractivity contribution in [2.75, 3.05) is 0 Å². The number of aromatic nitrogens is 2. The van der Waals surface area contributed by atoms with Gasteiger partial charge in [-0.15, -0.1) is 11.3 Å². The summed E-state index contributed by atoms with van der Waals surface area (Å²) in [4.78, 5) is 1.47. The molecule has 0 unspecified atom stereocenters. The molecule has 0 amide bonds. The molecule has 2 rings (SSSR count). The van der Waals surface area contributed by atoms with Gasteiger partial charge in [0, 0.05) is 23.7 Å². The van der Waals surface area contributed by atoms with E-state index in [1.807, 2.05) is 29.3 Å². The van der Waals surface area contributed by atoms with E-state index < -0.39 is 0 Å². The molecule has 0 saturated heterocycles. The molecule has 3 heteroatoms. The van der Waals surface area contributed by atoms with Crippen molar-refractivity contribution in [3.63, 3.8) is 0 Å². The molecular weight excluding hydrogens is 192 g/mol. The van der Waals surface area contributed by atoms with Crippen LogP contribution in [0.1, 0.15) is 18.2 Å². The van der Waals surface area contributed by atoms with Crippen LogP contribution in [0, 0.1) is 0 Å². The third kappa shape index (κ3) is 1.60. The molecule has 0 radical (unpaired) electrons. The lowest BCUT2D eigenvalue weighted by atomic mass is 10.1. The first-order valence-corrected chi connectivity index (χ1v) is 5.75. The number of thiophene rings is 1. The molecule has 0 bridgehead atoms. The molecule has 14 heavy (non-hydrogen) atoms. The number of nitrogens with zero attached hydrogens (tertiary/aromatic N) is 2. The molecule has 0 atom stereocenters. The van der Waals surface area contributed by atoms with E-state index in [0.29, 0.717) is 0 Å². The van der Waals surface area contributed by atoms with Crippen LogP contribution in [0.2, 0.25) is 0 Å². The van der Waals surface area contributed by atoms with Crippen molar-refractivity contribution in [2.24, 2.45) is 7.05 Å². The van der Waals surface area contributed by atoms with Gasteiger partial charge in [0.25, 0.3) is 0 Å². The van der Waals surface area contributed by atoms with E-state index in [0.717, 1.165) is 6.42 Å². The fraction of sp³-hybridized carbons (Fsp3) is 0.364. The highest BCUT2D eigenvalue weighted by Gasteiger charge is 2.08. The first-order valence-electron chi connectivity index (χ1n) is 4.87. The second-order valence-electron chi connectivity index (χ2n) is 3.35. The van der Waals surface area contributed by atoms with Crippen LogP contribution < -0.4 is 0 Å². The van der Waals surface area contributed by atoms with E-state index in [1.54, 1.807) is 0 Å². The van der Waals surface area contributed by atoms with E-state index in [2.05, 4.69) is 29.5 Å². The van der Waals surface area contributed by atoms with Gasteiger partial charge in [0.05, 0.1) is 5.69 Å². The number of hydrogen-bond donors (Lipinski definition) is 0. The maximum absolute atomic E-state index is 4.20. The standard InChI is InChI=1S/C11H14N2S/c1-3-4-11-9(6-8-14-11)10-5-7-12-13(10)2/h5-8H,3-4H2,1-2H3. The summed E-state index contributed by atoms with van der Waals surface area (Å²) in [6.07, 6.45) is 4.21. The van der Waals surface area contributed by atoms with Gasteiger partial charge in [0.2, 0.25) is 0 Å². The molecule has 2 nitrogen and oxygen atoms in total. The fourth-order valence-electron chi connectivity index (χ4n) is 1.63. The quantitative estimate of drug-likeness (QED) is 0.754. The average molecular weight is 206 g/mol. The van der Waals surface area contributed by atoms with Crippen LogP contribution >= 0.6 is 11.3 Å². The van der Waals surface area contributed by atoms with Crippen molar-refractivity contribution < 1.29 is 0 Å². The third-order valence-electron chi connectivity index (χ3n) is 2.32. The van der Waals surface area contributed by atoms with Crippen LogP contribution in [0.15, 0.2) is 23.7 Å². The maximum Gasteiger partial charge on any atom is 0.0690 e. The molecule has 0 aliphatic heterocycles. The summed E-state index contributed by atoms with van der Waals surface area (Å²) in [7, 11) is 1.99. The van der Waals surface area contributed by atoms with Gasteiger partial charge in [-0.05, 0) is 23.9 Å². The van der Waals surface area contributed by atoms with Crippen molar-refractivity contribution in [3.05, 3.63) is 28.6 Å². The van der Waals surface area contributed by atoms with Crippen LogP contribution in [0.25, 0.3) is 11.3 Å². The zero-order valence-corrected chi connectivity index (χ0v) is 9.34. The van der Waals surface area contributed by atoms with Gasteiger partial charge in [-0.1, -0.05) is 13.3 Å². The van der Waals surface area contributed by atoms with Crippen molar-refractivity contribution >= 4 is 11.3 Å². The molecule has 2 aromatic rings. The highest BCUT2D eigenvalue weighted by molar-refractivity contribution is 7.10. The lowest BCUT2D eigenvalue weighted by Crippen LogP contribution is -1.94. The van der Waals surface area contributed by atoms with Crippen LogP contribution in [0.5, 0.6) is 0 Å². The molecule has 74 valence electrons. The average Bonchev–Trinajstić information content (AvgIpc) is 2.74. The molecule has 0 spiro atoms. The largest absolute Gasteiger partial charge is 0.268 e. The minimum absolute atomic E-state index is 1.16. The van der Waals surface area contributed by atoms with Gasteiger partial charge in [0.1, 0.15) is 0 Å². The minimum Gasteiger partial charge on any atom is -0.268 e. The Morgan fingerprint density at radius 1 is 1.43 bits per heavy atom. The van der Waals surface area contributed by atoms with Gasteiger partial charge in [-0.2, -0.15) is 5.10 Å². The van der Waals surface area contributed by atoms with Crippen LogP contribution in [-0.2, 0) is 13.5 Å². The summed E-state index contributed by atoms with van der Waals surface area (Å²) >= 11 is 1.84. The molecule has 2 heterocycles. The molecule has 0 aliphatic carbocycles. The van der Waals surface area contributed by atoms with Gasteiger partial charge < -0.3 is 0 Å². The normalized spacial score (nSPS) is 10.7. The summed E-state index contributed by atoms with van der Waals surface area (Å²) in [5.74, 6) is 0. The second-order valence-corrected chi connectivity index (χ2v) is 4.35. The van der Waals surface area contributed by atoms with E-state index in [4.69, 9.17) is 0 Å². The fourth-order valence-corrected chi connectivity index (χ4v) is 2.62. The van der Waals surface area contributed by atoms with Gasteiger partial charge >= 0.3 is 0 Å². The second kappa shape index (κ2) is 3.96. The van der Waals surface area contributed by atoms with Crippen molar-refractivity contribution in [3.8, 4) is 11.3 Å². The number of aryl methyl sites for hydroxylation is 2. The van der Waals surface area contributed by atoms with Crippen LogP contribution in [-0.4, -0.2) is 9.78 Å². The predicted octanol–water partition coefficient (Wildman–Crippen LogP) is 3.10. The molecule has 2 aromatic heterocycles. The van der Waals surface area contributed by atoms with E-state index in [9.17, 15) is 0 Å². The summed E-state index contributed by atoms with van der Waals surface area (Å²) in [6, 6.07) is 4.26. The zero-order valence-electron chi connectivity index (χ0n) is 8.53. The Labute approximate surface area is 88.2 Å². The molecule has 0 saturated carbocycles. The molecule has 0 N–H and O–H groups in total. The minimum atomic E-state index is 1.16. The predicted molar refractivity (Wildman–Crippen MR) is 60.5 cm³/mol. The number of rotatable bonds is 3. The topological polar surface area (TPSA) is 17.8 Å². The Morgan fingerprint density at radius 3 is 2.93 bits per heavy atom. The highest BCUT2D eigenvalue weighted by Crippen LogP contribution is 2.28. The Hall–Kier alpha value is -1.09.